The fourth-order valence-corrected chi connectivity index (χ4v) is 4.99. The van der Waals surface area contributed by atoms with Crippen LogP contribution in [0.3, 0.4) is 0 Å². The van der Waals surface area contributed by atoms with Gasteiger partial charge in [-0.05, 0) is 37.5 Å². The van der Waals surface area contributed by atoms with Gasteiger partial charge in [-0.25, -0.2) is 8.42 Å². The second-order valence-corrected chi connectivity index (χ2v) is 7.65. The third kappa shape index (κ3) is 3.46. The molecule has 4 nitrogen and oxygen atoms in total. The summed E-state index contributed by atoms with van der Waals surface area (Å²) >= 11 is 11.8. The molecule has 0 spiro atoms. The number of aliphatic hydroxyl groups excluding tert-OH is 1. The molecule has 0 saturated carbocycles. The molecule has 1 heterocycles. The number of rotatable bonds is 4. The quantitative estimate of drug-likeness (QED) is 0.918. The Hall–Kier alpha value is -0.330. The summed E-state index contributed by atoms with van der Waals surface area (Å²) in [5, 5.41) is 9.69. The zero-order valence-corrected chi connectivity index (χ0v) is 13.3. The van der Waals surface area contributed by atoms with Crippen LogP contribution >= 0.6 is 23.2 Å². The van der Waals surface area contributed by atoms with Crippen molar-refractivity contribution in [1.29, 1.82) is 0 Å². The average molecular weight is 338 g/mol. The van der Waals surface area contributed by atoms with Gasteiger partial charge in [-0.2, -0.15) is 4.31 Å². The fourth-order valence-electron chi connectivity index (χ4n) is 2.54. The highest BCUT2D eigenvalue weighted by molar-refractivity contribution is 7.89. The summed E-state index contributed by atoms with van der Waals surface area (Å²) in [5.74, 6) is 0. The van der Waals surface area contributed by atoms with E-state index in [2.05, 4.69) is 0 Å². The maximum atomic E-state index is 12.7. The first-order valence-electron chi connectivity index (χ1n) is 6.54. The Bertz CT molecular complexity index is 555. The van der Waals surface area contributed by atoms with Gasteiger partial charge in [-0.15, -0.1) is 0 Å². The van der Waals surface area contributed by atoms with Crippen LogP contribution in [0.25, 0.3) is 0 Å². The van der Waals surface area contributed by atoms with Gasteiger partial charge < -0.3 is 5.11 Å². The number of halogens is 2. The highest BCUT2D eigenvalue weighted by Crippen LogP contribution is 2.30. The average Bonchev–Trinajstić information content (AvgIpc) is 2.38. The summed E-state index contributed by atoms with van der Waals surface area (Å²) in [6, 6.07) is 4.17. The third-order valence-corrected chi connectivity index (χ3v) is 5.84. The van der Waals surface area contributed by atoms with E-state index >= 15 is 0 Å². The van der Waals surface area contributed by atoms with Crippen molar-refractivity contribution >= 4 is 33.2 Å². The molecule has 0 radical (unpaired) electrons. The lowest BCUT2D eigenvalue weighted by molar-refractivity contribution is 0.192. The van der Waals surface area contributed by atoms with Crippen molar-refractivity contribution in [1.82, 2.24) is 4.31 Å². The normalized spacial score (nSPS) is 21.1. The molecule has 0 aliphatic carbocycles. The number of hydrogen-bond acceptors (Lipinski definition) is 3. The first-order chi connectivity index (χ1) is 9.45. The van der Waals surface area contributed by atoms with Gasteiger partial charge in [-0.3, -0.25) is 0 Å². The molecular formula is C13H17Cl2NO3S. The summed E-state index contributed by atoms with van der Waals surface area (Å²) in [7, 11) is -3.63. The Kier molecular flexibility index (Phi) is 5.31. The molecule has 0 amide bonds. The standard InChI is InChI=1S/C13H17Cl2NO3S/c14-10-7-11(15)9-13(8-10)20(18,19)16-5-2-1-3-12(16)4-6-17/h7-9,12,17H,1-6H2. The fraction of sp³-hybridized carbons (Fsp3) is 0.538. The van der Waals surface area contributed by atoms with Crippen LogP contribution in [0.4, 0.5) is 0 Å². The summed E-state index contributed by atoms with van der Waals surface area (Å²) in [4.78, 5) is 0.111. The van der Waals surface area contributed by atoms with Gasteiger partial charge in [0, 0.05) is 29.2 Å². The van der Waals surface area contributed by atoms with Crippen molar-refractivity contribution in [3.8, 4) is 0 Å². The van der Waals surface area contributed by atoms with Gasteiger partial charge in [0.15, 0.2) is 0 Å². The Balaban J connectivity index is 2.36. The monoisotopic (exact) mass is 337 g/mol. The molecule has 2 rings (SSSR count). The molecule has 0 bridgehead atoms. The Morgan fingerprint density at radius 3 is 2.45 bits per heavy atom. The maximum Gasteiger partial charge on any atom is 0.243 e. The summed E-state index contributed by atoms with van der Waals surface area (Å²) in [5.41, 5.74) is 0. The molecule has 1 fully saturated rings. The number of sulfonamides is 1. The van der Waals surface area contributed by atoms with Gasteiger partial charge in [0.2, 0.25) is 10.0 Å². The summed E-state index contributed by atoms with van der Waals surface area (Å²) in [6.07, 6.45) is 3.03. The SMILES string of the molecule is O=S(=O)(c1cc(Cl)cc(Cl)c1)N1CCCCC1CCO. The van der Waals surface area contributed by atoms with Gasteiger partial charge in [0.1, 0.15) is 0 Å². The molecule has 1 atom stereocenters. The molecule has 1 aromatic rings. The predicted octanol–water partition coefficient (Wildman–Crippen LogP) is 2.92. The van der Waals surface area contributed by atoms with Crippen molar-refractivity contribution in [2.75, 3.05) is 13.2 Å². The second-order valence-electron chi connectivity index (χ2n) is 4.88. The van der Waals surface area contributed by atoms with Crippen LogP contribution in [0.1, 0.15) is 25.7 Å². The largest absolute Gasteiger partial charge is 0.396 e. The molecule has 1 aromatic carbocycles. The first-order valence-corrected chi connectivity index (χ1v) is 8.73. The molecule has 112 valence electrons. The van der Waals surface area contributed by atoms with Crippen molar-refractivity contribution in [2.24, 2.45) is 0 Å². The predicted molar refractivity (Wildman–Crippen MR) is 79.7 cm³/mol. The first kappa shape index (κ1) is 16.0. The van der Waals surface area contributed by atoms with E-state index in [1.807, 2.05) is 0 Å². The van der Waals surface area contributed by atoms with Crippen LogP contribution in [0.5, 0.6) is 0 Å². The van der Waals surface area contributed by atoms with E-state index in [0.717, 1.165) is 19.3 Å². The van der Waals surface area contributed by atoms with Crippen molar-refractivity contribution < 1.29 is 13.5 Å². The number of benzene rings is 1. The topological polar surface area (TPSA) is 57.6 Å². The van der Waals surface area contributed by atoms with Crippen LogP contribution in [0.2, 0.25) is 10.0 Å². The van der Waals surface area contributed by atoms with Crippen molar-refractivity contribution in [2.45, 2.75) is 36.6 Å². The van der Waals surface area contributed by atoms with E-state index in [1.54, 1.807) is 0 Å². The van der Waals surface area contributed by atoms with E-state index in [1.165, 1.54) is 22.5 Å². The smallest absolute Gasteiger partial charge is 0.243 e. The van der Waals surface area contributed by atoms with Gasteiger partial charge in [0.05, 0.1) is 4.90 Å². The Morgan fingerprint density at radius 2 is 1.85 bits per heavy atom. The highest BCUT2D eigenvalue weighted by Gasteiger charge is 2.33. The van der Waals surface area contributed by atoms with E-state index in [0.29, 0.717) is 23.0 Å². The molecule has 1 aliphatic rings. The zero-order valence-electron chi connectivity index (χ0n) is 10.9. The molecule has 1 saturated heterocycles. The second kappa shape index (κ2) is 6.62. The molecule has 1 unspecified atom stereocenters. The lowest BCUT2D eigenvalue weighted by Gasteiger charge is -2.34. The van der Waals surface area contributed by atoms with Crippen LogP contribution in [0, 0.1) is 0 Å². The molecular weight excluding hydrogens is 321 g/mol. The Morgan fingerprint density at radius 1 is 1.20 bits per heavy atom. The minimum absolute atomic E-state index is 0.0208. The van der Waals surface area contributed by atoms with Crippen LogP contribution in [-0.4, -0.2) is 37.0 Å². The van der Waals surface area contributed by atoms with Gasteiger partial charge >= 0.3 is 0 Å². The van der Waals surface area contributed by atoms with Crippen LogP contribution < -0.4 is 0 Å². The van der Waals surface area contributed by atoms with Gasteiger partial charge in [0.25, 0.3) is 0 Å². The van der Waals surface area contributed by atoms with E-state index in [4.69, 9.17) is 28.3 Å². The number of nitrogens with zero attached hydrogens (tertiary/aromatic N) is 1. The summed E-state index contributed by atoms with van der Waals surface area (Å²) in [6.45, 7) is 0.449. The molecule has 0 aromatic heterocycles. The molecule has 1 N–H and O–H groups in total. The van der Waals surface area contributed by atoms with Crippen molar-refractivity contribution in [3.05, 3.63) is 28.2 Å². The zero-order chi connectivity index (χ0) is 14.8. The molecule has 7 heteroatoms. The van der Waals surface area contributed by atoms with E-state index < -0.39 is 10.0 Å². The number of hydrogen-bond donors (Lipinski definition) is 1. The lowest BCUT2D eigenvalue weighted by atomic mass is 10.0. The molecule has 1 aliphatic heterocycles. The minimum Gasteiger partial charge on any atom is -0.396 e. The van der Waals surface area contributed by atoms with E-state index in [-0.39, 0.29) is 17.5 Å². The van der Waals surface area contributed by atoms with E-state index in [9.17, 15) is 8.42 Å². The maximum absolute atomic E-state index is 12.7. The van der Waals surface area contributed by atoms with Crippen LogP contribution in [-0.2, 0) is 10.0 Å². The lowest BCUT2D eigenvalue weighted by Crippen LogP contribution is -2.44. The minimum atomic E-state index is -3.63. The van der Waals surface area contributed by atoms with Gasteiger partial charge in [-0.1, -0.05) is 29.6 Å². The Labute approximate surface area is 129 Å². The van der Waals surface area contributed by atoms with Crippen LogP contribution in [0.15, 0.2) is 23.1 Å². The summed E-state index contributed by atoms with van der Waals surface area (Å²) < 4.78 is 26.9. The van der Waals surface area contributed by atoms with Crippen molar-refractivity contribution in [3.63, 3.8) is 0 Å². The number of aliphatic hydroxyl groups is 1. The highest BCUT2D eigenvalue weighted by atomic mass is 35.5. The molecule has 20 heavy (non-hydrogen) atoms. The number of piperidine rings is 1. The third-order valence-electron chi connectivity index (χ3n) is 3.48.